The van der Waals surface area contributed by atoms with E-state index in [0.29, 0.717) is 6.54 Å². The lowest BCUT2D eigenvalue weighted by molar-refractivity contribution is -0.131. The molecule has 18 heavy (non-hydrogen) atoms. The number of carbonyl (C=O) groups excluding carboxylic acids is 1. The van der Waals surface area contributed by atoms with Gasteiger partial charge in [0.15, 0.2) is 0 Å². The molecule has 0 aliphatic heterocycles. The third-order valence-corrected chi connectivity index (χ3v) is 2.41. The van der Waals surface area contributed by atoms with Crippen molar-refractivity contribution in [1.82, 2.24) is 5.32 Å². The van der Waals surface area contributed by atoms with Crippen LogP contribution in [0.3, 0.4) is 0 Å². The van der Waals surface area contributed by atoms with Gasteiger partial charge in [-0.3, -0.25) is 4.79 Å². The molecule has 0 aromatic carbocycles. The summed E-state index contributed by atoms with van der Waals surface area (Å²) in [4.78, 5) is 21.2. The van der Waals surface area contributed by atoms with Crippen LogP contribution in [0.25, 0.3) is 0 Å². The van der Waals surface area contributed by atoms with Crippen LogP contribution in [0.2, 0.25) is 0 Å². The molecular formula is C14H23NO3. The zero-order valence-electron chi connectivity index (χ0n) is 11.0. The third kappa shape index (κ3) is 12.5. The summed E-state index contributed by atoms with van der Waals surface area (Å²) in [5, 5.41) is 10.9. The van der Waals surface area contributed by atoms with Gasteiger partial charge in [0.1, 0.15) is 0 Å². The largest absolute Gasteiger partial charge is 0.478 e. The van der Waals surface area contributed by atoms with E-state index < -0.39 is 5.97 Å². The van der Waals surface area contributed by atoms with E-state index in [0.717, 1.165) is 18.6 Å². The van der Waals surface area contributed by atoms with Gasteiger partial charge in [0.2, 0.25) is 5.91 Å². The second kappa shape index (κ2) is 11.9. The van der Waals surface area contributed by atoms with Gasteiger partial charge in [-0.1, -0.05) is 44.8 Å². The van der Waals surface area contributed by atoms with Gasteiger partial charge in [-0.05, 0) is 12.8 Å². The van der Waals surface area contributed by atoms with E-state index in [-0.39, 0.29) is 5.91 Å². The Balaban J connectivity index is 3.42. The number of allylic oxidation sites excluding steroid dienone is 1. The molecule has 0 aliphatic carbocycles. The quantitative estimate of drug-likeness (QED) is 0.357. The van der Waals surface area contributed by atoms with Gasteiger partial charge in [0.25, 0.3) is 0 Å². The molecule has 0 radical (unpaired) electrons. The molecule has 1 amide bonds. The highest BCUT2D eigenvalue weighted by atomic mass is 16.4. The predicted octanol–water partition coefficient (Wildman–Crippen LogP) is 2.66. The Morgan fingerprint density at radius 3 is 2.44 bits per heavy atom. The molecule has 0 saturated carbocycles. The van der Waals surface area contributed by atoms with Crippen LogP contribution in [-0.2, 0) is 9.59 Å². The molecule has 0 spiro atoms. The number of hydrogen-bond acceptors (Lipinski definition) is 2. The molecule has 0 heterocycles. The van der Waals surface area contributed by atoms with E-state index in [1.807, 2.05) is 12.2 Å². The first-order valence-corrected chi connectivity index (χ1v) is 6.50. The fraction of sp³-hybridized carbons (Fsp3) is 0.571. The molecule has 4 nitrogen and oxygen atoms in total. The maximum absolute atomic E-state index is 11.1. The maximum Gasteiger partial charge on any atom is 0.328 e. The van der Waals surface area contributed by atoms with Gasteiger partial charge in [-0.2, -0.15) is 0 Å². The molecule has 0 aliphatic rings. The lowest BCUT2D eigenvalue weighted by atomic mass is 10.1. The van der Waals surface area contributed by atoms with E-state index in [1.165, 1.54) is 32.1 Å². The van der Waals surface area contributed by atoms with E-state index >= 15 is 0 Å². The molecule has 0 bridgehead atoms. The van der Waals surface area contributed by atoms with Crippen LogP contribution < -0.4 is 5.32 Å². The average Bonchev–Trinajstić information content (AvgIpc) is 2.34. The number of rotatable bonds is 10. The number of carboxylic acids is 1. The summed E-state index contributed by atoms with van der Waals surface area (Å²) < 4.78 is 0. The molecule has 0 fully saturated rings. The van der Waals surface area contributed by atoms with Crippen molar-refractivity contribution in [2.75, 3.05) is 6.54 Å². The van der Waals surface area contributed by atoms with Crippen LogP contribution in [0, 0.1) is 0 Å². The fourth-order valence-corrected chi connectivity index (χ4v) is 1.43. The zero-order chi connectivity index (χ0) is 13.6. The highest BCUT2D eigenvalue weighted by molar-refractivity contribution is 5.93. The Labute approximate surface area is 109 Å². The summed E-state index contributed by atoms with van der Waals surface area (Å²) in [5.74, 6) is -1.50. The zero-order valence-corrected chi connectivity index (χ0v) is 11.0. The number of carboxylic acid groups (broad SMARTS) is 1. The number of amides is 1. The lowest BCUT2D eigenvalue weighted by Gasteiger charge is -1.97. The van der Waals surface area contributed by atoms with Crippen molar-refractivity contribution in [3.63, 3.8) is 0 Å². The minimum atomic E-state index is -1.12. The average molecular weight is 253 g/mol. The van der Waals surface area contributed by atoms with Crippen molar-refractivity contribution >= 4 is 11.9 Å². The van der Waals surface area contributed by atoms with Crippen molar-refractivity contribution < 1.29 is 14.7 Å². The summed E-state index contributed by atoms with van der Waals surface area (Å²) in [7, 11) is 0. The van der Waals surface area contributed by atoms with E-state index in [2.05, 4.69) is 12.2 Å². The molecule has 0 rings (SSSR count). The molecule has 2 N–H and O–H groups in total. The first-order chi connectivity index (χ1) is 8.66. The first kappa shape index (κ1) is 16.4. The van der Waals surface area contributed by atoms with Crippen LogP contribution in [0.4, 0.5) is 0 Å². The van der Waals surface area contributed by atoms with Crippen molar-refractivity contribution in [1.29, 1.82) is 0 Å². The second-order valence-electron chi connectivity index (χ2n) is 4.09. The Morgan fingerprint density at radius 2 is 1.78 bits per heavy atom. The smallest absolute Gasteiger partial charge is 0.328 e. The van der Waals surface area contributed by atoms with Crippen molar-refractivity contribution in [2.24, 2.45) is 0 Å². The monoisotopic (exact) mass is 253 g/mol. The van der Waals surface area contributed by atoms with E-state index in [9.17, 15) is 9.59 Å². The van der Waals surface area contributed by atoms with Crippen molar-refractivity contribution in [2.45, 2.75) is 45.4 Å². The van der Waals surface area contributed by atoms with Gasteiger partial charge in [-0.15, -0.1) is 0 Å². The SMILES string of the molecule is CCCCCCC/C=C/CNC(=O)/C=C/C(=O)O. The maximum atomic E-state index is 11.1. The Hall–Kier alpha value is -1.58. The minimum absolute atomic E-state index is 0.384. The number of hydrogen-bond donors (Lipinski definition) is 2. The Bertz CT molecular complexity index is 295. The van der Waals surface area contributed by atoms with Gasteiger partial charge in [-0.25, -0.2) is 4.79 Å². The second-order valence-corrected chi connectivity index (χ2v) is 4.09. The lowest BCUT2D eigenvalue weighted by Crippen LogP contribution is -2.21. The van der Waals surface area contributed by atoms with Crippen molar-refractivity contribution in [3.05, 3.63) is 24.3 Å². The summed E-state index contributed by atoms with van der Waals surface area (Å²) in [6.45, 7) is 2.64. The van der Waals surface area contributed by atoms with Crippen molar-refractivity contribution in [3.8, 4) is 0 Å². The molecule has 0 unspecified atom stereocenters. The van der Waals surface area contributed by atoms with E-state index in [1.54, 1.807) is 0 Å². The molecule has 0 saturated heterocycles. The highest BCUT2D eigenvalue weighted by Crippen LogP contribution is 2.04. The molecule has 0 atom stereocenters. The number of nitrogens with one attached hydrogen (secondary N) is 1. The first-order valence-electron chi connectivity index (χ1n) is 6.50. The summed E-state index contributed by atoms with van der Waals surface area (Å²) in [5.41, 5.74) is 0. The van der Waals surface area contributed by atoms with E-state index in [4.69, 9.17) is 5.11 Å². The fourth-order valence-electron chi connectivity index (χ4n) is 1.43. The van der Waals surface area contributed by atoms with Crippen LogP contribution in [0.5, 0.6) is 0 Å². The molecule has 0 aromatic heterocycles. The van der Waals surface area contributed by atoms with Gasteiger partial charge in [0, 0.05) is 18.7 Å². The summed E-state index contributed by atoms with van der Waals surface area (Å²) >= 11 is 0. The highest BCUT2D eigenvalue weighted by Gasteiger charge is 1.93. The Kier molecular flexibility index (Phi) is 10.8. The molecular weight excluding hydrogens is 230 g/mol. The topological polar surface area (TPSA) is 66.4 Å². The normalized spacial score (nSPS) is 11.2. The number of unbranched alkanes of at least 4 members (excludes halogenated alkanes) is 5. The van der Waals surface area contributed by atoms with Crippen LogP contribution in [-0.4, -0.2) is 23.5 Å². The standard InChI is InChI=1S/C14H23NO3/c1-2-3-4-5-6-7-8-9-12-15-13(16)10-11-14(17)18/h8-11H,2-7,12H2,1H3,(H,15,16)(H,17,18)/b9-8+,11-10+. The third-order valence-electron chi connectivity index (χ3n) is 2.41. The Morgan fingerprint density at radius 1 is 1.06 bits per heavy atom. The minimum Gasteiger partial charge on any atom is -0.478 e. The van der Waals surface area contributed by atoms with Gasteiger partial charge >= 0.3 is 5.97 Å². The summed E-state index contributed by atoms with van der Waals surface area (Å²) in [6.07, 6.45) is 13.1. The van der Waals surface area contributed by atoms with Gasteiger partial charge < -0.3 is 10.4 Å². The van der Waals surface area contributed by atoms with Crippen LogP contribution in [0.15, 0.2) is 24.3 Å². The van der Waals surface area contributed by atoms with Crippen LogP contribution >= 0.6 is 0 Å². The molecule has 4 heteroatoms. The predicted molar refractivity (Wildman–Crippen MR) is 72.3 cm³/mol. The van der Waals surface area contributed by atoms with Crippen LogP contribution in [0.1, 0.15) is 45.4 Å². The molecule has 102 valence electrons. The number of aliphatic carboxylic acids is 1. The summed E-state index contributed by atoms with van der Waals surface area (Å²) in [6, 6.07) is 0. The molecule has 0 aromatic rings. The van der Waals surface area contributed by atoms with Gasteiger partial charge in [0.05, 0.1) is 0 Å². The number of carbonyl (C=O) groups is 2.